The Balaban J connectivity index is 1.83. The molecule has 4 nitrogen and oxygen atoms in total. The second kappa shape index (κ2) is 10.0. The number of unbranched alkanes of at least 4 members (excludes halogenated alkanes) is 4. The van der Waals surface area contributed by atoms with Crippen LogP contribution in [0.25, 0.3) is 0 Å². The molecule has 150 valence electrons. The van der Waals surface area contributed by atoms with Crippen LogP contribution in [0.3, 0.4) is 0 Å². The first-order valence-corrected chi connectivity index (χ1v) is 10.6. The van der Waals surface area contributed by atoms with E-state index in [4.69, 9.17) is 5.11 Å². The molecule has 2 saturated carbocycles. The van der Waals surface area contributed by atoms with E-state index in [2.05, 4.69) is 13.8 Å². The molecular weight excluding hydrogens is 328 g/mol. The van der Waals surface area contributed by atoms with Crippen molar-refractivity contribution in [2.45, 2.75) is 90.3 Å². The number of carbonyl (C=O) groups excluding carboxylic acids is 1. The van der Waals surface area contributed by atoms with Crippen LogP contribution in [0.1, 0.15) is 78.1 Å². The van der Waals surface area contributed by atoms with Crippen molar-refractivity contribution in [3.05, 3.63) is 12.2 Å². The van der Waals surface area contributed by atoms with Gasteiger partial charge in [-0.25, -0.2) is 0 Å². The highest BCUT2D eigenvalue weighted by Gasteiger charge is 2.44. The van der Waals surface area contributed by atoms with Gasteiger partial charge in [0.25, 0.3) is 0 Å². The van der Waals surface area contributed by atoms with Crippen molar-refractivity contribution in [1.29, 1.82) is 0 Å². The van der Waals surface area contributed by atoms with E-state index in [-0.39, 0.29) is 36.1 Å². The summed E-state index contributed by atoms with van der Waals surface area (Å²) in [6, 6.07) is 0. The van der Waals surface area contributed by atoms with Crippen LogP contribution in [-0.4, -0.2) is 39.9 Å². The largest absolute Gasteiger partial charge is 0.396 e. The van der Waals surface area contributed by atoms with Gasteiger partial charge in [0, 0.05) is 24.9 Å². The van der Waals surface area contributed by atoms with Crippen LogP contribution in [0.15, 0.2) is 12.2 Å². The Labute approximate surface area is 158 Å². The van der Waals surface area contributed by atoms with Crippen molar-refractivity contribution in [1.82, 2.24) is 0 Å². The second-order valence-corrected chi connectivity index (χ2v) is 8.87. The minimum atomic E-state index is -0.608. The molecular formula is C22H38O4. The zero-order valence-corrected chi connectivity index (χ0v) is 16.6. The zero-order valence-electron chi connectivity index (χ0n) is 16.6. The van der Waals surface area contributed by atoms with E-state index >= 15 is 0 Å². The minimum absolute atomic E-state index is 0.0487. The van der Waals surface area contributed by atoms with Crippen molar-refractivity contribution in [3.63, 3.8) is 0 Å². The minimum Gasteiger partial charge on any atom is -0.396 e. The average molecular weight is 367 g/mol. The highest BCUT2D eigenvalue weighted by atomic mass is 16.3. The highest BCUT2D eigenvalue weighted by Crippen LogP contribution is 2.49. The SMILES string of the molecule is CCC1CC(C)([C@@H](O)C=C[C@H]2[C@H](O)CC(=O)[C@@H]2CCCCCCCO)C1. The van der Waals surface area contributed by atoms with Gasteiger partial charge in [0.05, 0.1) is 12.2 Å². The molecule has 0 heterocycles. The molecule has 0 aromatic carbocycles. The smallest absolute Gasteiger partial charge is 0.139 e. The molecule has 4 atom stereocenters. The van der Waals surface area contributed by atoms with Gasteiger partial charge in [-0.15, -0.1) is 0 Å². The van der Waals surface area contributed by atoms with Gasteiger partial charge in [-0.05, 0) is 37.0 Å². The molecule has 26 heavy (non-hydrogen) atoms. The number of hydrogen-bond donors (Lipinski definition) is 3. The maximum atomic E-state index is 12.3. The molecule has 0 amide bonds. The summed E-state index contributed by atoms with van der Waals surface area (Å²) in [7, 11) is 0. The van der Waals surface area contributed by atoms with Crippen LogP contribution < -0.4 is 0 Å². The van der Waals surface area contributed by atoms with E-state index in [9.17, 15) is 15.0 Å². The summed E-state index contributed by atoms with van der Waals surface area (Å²) >= 11 is 0. The molecule has 0 aliphatic heterocycles. The fraction of sp³-hybridized carbons (Fsp3) is 0.864. The molecule has 0 bridgehead atoms. The zero-order chi connectivity index (χ0) is 19.2. The van der Waals surface area contributed by atoms with Gasteiger partial charge in [0.15, 0.2) is 0 Å². The average Bonchev–Trinajstić information content (AvgIpc) is 2.85. The lowest BCUT2D eigenvalue weighted by Gasteiger charge is -2.47. The lowest BCUT2D eigenvalue weighted by atomic mass is 9.59. The van der Waals surface area contributed by atoms with Crippen LogP contribution in [-0.2, 0) is 4.79 Å². The standard InChI is InChI=1S/C22H38O4/c1-3-16-14-22(2,15-16)21(26)11-10-18-17(19(24)13-20(18)25)9-7-5-4-6-8-12-23/h10-11,16-18,20-21,23,25-26H,3-9,12-15H2,1-2H3/t16?,17-,18-,20-,21+,22?/m1/s1. The first-order valence-electron chi connectivity index (χ1n) is 10.6. The van der Waals surface area contributed by atoms with Gasteiger partial charge in [-0.1, -0.05) is 58.1 Å². The summed E-state index contributed by atoms with van der Waals surface area (Å²) in [5, 5.41) is 29.7. The Bertz CT molecular complexity index is 467. The third-order valence-corrected chi connectivity index (χ3v) is 6.72. The van der Waals surface area contributed by atoms with E-state index in [1.54, 1.807) is 0 Å². The van der Waals surface area contributed by atoms with E-state index in [1.165, 1.54) is 6.42 Å². The Kier molecular flexibility index (Phi) is 8.31. The van der Waals surface area contributed by atoms with E-state index in [0.717, 1.165) is 57.3 Å². The monoisotopic (exact) mass is 366 g/mol. The topological polar surface area (TPSA) is 77.8 Å². The summed E-state index contributed by atoms with van der Waals surface area (Å²) in [5.74, 6) is 0.627. The van der Waals surface area contributed by atoms with Gasteiger partial charge in [-0.3, -0.25) is 4.79 Å². The third-order valence-electron chi connectivity index (χ3n) is 6.72. The number of rotatable bonds is 11. The second-order valence-electron chi connectivity index (χ2n) is 8.87. The summed E-state index contributed by atoms with van der Waals surface area (Å²) in [6.07, 6.45) is 12.0. The fourth-order valence-electron chi connectivity index (χ4n) is 4.85. The number of Topliss-reactive ketones (excluding diaryl/α,β-unsaturated/α-hetero) is 1. The van der Waals surface area contributed by atoms with Crippen LogP contribution >= 0.6 is 0 Å². The molecule has 0 aromatic heterocycles. The van der Waals surface area contributed by atoms with Crippen molar-refractivity contribution in [2.75, 3.05) is 6.61 Å². The maximum Gasteiger partial charge on any atom is 0.139 e. The summed E-state index contributed by atoms with van der Waals surface area (Å²) in [6.45, 7) is 4.58. The Morgan fingerprint density at radius 3 is 2.50 bits per heavy atom. The number of aliphatic hydroxyl groups is 3. The molecule has 0 saturated heterocycles. The predicted octanol–water partition coefficient (Wildman–Crippen LogP) is 3.63. The van der Waals surface area contributed by atoms with Crippen LogP contribution in [0.4, 0.5) is 0 Å². The molecule has 2 aliphatic carbocycles. The highest BCUT2D eigenvalue weighted by molar-refractivity contribution is 5.84. The van der Waals surface area contributed by atoms with Gasteiger partial charge in [0.1, 0.15) is 5.78 Å². The molecule has 0 unspecified atom stereocenters. The quantitative estimate of drug-likeness (QED) is 0.385. The molecule has 2 fully saturated rings. The lowest BCUT2D eigenvalue weighted by Crippen LogP contribution is -2.43. The van der Waals surface area contributed by atoms with E-state index in [1.807, 2.05) is 12.2 Å². The normalized spacial score (nSPS) is 35.8. The fourth-order valence-corrected chi connectivity index (χ4v) is 4.85. The molecule has 3 N–H and O–H groups in total. The van der Waals surface area contributed by atoms with Gasteiger partial charge in [-0.2, -0.15) is 0 Å². The van der Waals surface area contributed by atoms with E-state index in [0.29, 0.717) is 0 Å². The van der Waals surface area contributed by atoms with Crippen molar-refractivity contribution in [2.24, 2.45) is 23.2 Å². The Hall–Kier alpha value is -0.710. The predicted molar refractivity (Wildman–Crippen MR) is 104 cm³/mol. The van der Waals surface area contributed by atoms with Crippen molar-refractivity contribution < 1.29 is 20.1 Å². The van der Waals surface area contributed by atoms with Crippen LogP contribution in [0, 0.1) is 23.2 Å². The van der Waals surface area contributed by atoms with Crippen molar-refractivity contribution in [3.8, 4) is 0 Å². The number of ketones is 1. The third kappa shape index (κ3) is 5.40. The van der Waals surface area contributed by atoms with Gasteiger partial charge >= 0.3 is 0 Å². The van der Waals surface area contributed by atoms with E-state index < -0.39 is 12.2 Å². The summed E-state index contributed by atoms with van der Waals surface area (Å²) in [5.41, 5.74) is -0.0487. The molecule has 2 aliphatic rings. The molecule has 2 rings (SSSR count). The maximum absolute atomic E-state index is 12.3. The van der Waals surface area contributed by atoms with Gasteiger partial charge in [0.2, 0.25) is 0 Å². The van der Waals surface area contributed by atoms with Crippen LogP contribution in [0.5, 0.6) is 0 Å². The van der Waals surface area contributed by atoms with Crippen LogP contribution in [0.2, 0.25) is 0 Å². The Morgan fingerprint density at radius 2 is 1.85 bits per heavy atom. The molecule has 0 spiro atoms. The first kappa shape index (κ1) is 21.6. The van der Waals surface area contributed by atoms with Gasteiger partial charge < -0.3 is 15.3 Å². The molecule has 0 radical (unpaired) electrons. The molecule has 0 aromatic rings. The lowest BCUT2D eigenvalue weighted by molar-refractivity contribution is -0.121. The first-order chi connectivity index (χ1) is 12.4. The number of hydrogen-bond acceptors (Lipinski definition) is 4. The Morgan fingerprint density at radius 1 is 1.19 bits per heavy atom. The number of aliphatic hydroxyl groups excluding tert-OH is 3. The summed E-state index contributed by atoms with van der Waals surface area (Å²) in [4.78, 5) is 12.3. The molecule has 4 heteroatoms. The summed E-state index contributed by atoms with van der Waals surface area (Å²) < 4.78 is 0. The van der Waals surface area contributed by atoms with Crippen molar-refractivity contribution >= 4 is 5.78 Å². The number of carbonyl (C=O) groups is 1.